The van der Waals surface area contributed by atoms with E-state index in [4.69, 9.17) is 9.47 Å². The van der Waals surface area contributed by atoms with Crippen LogP contribution >= 0.6 is 11.3 Å². The summed E-state index contributed by atoms with van der Waals surface area (Å²) in [6.07, 6.45) is 7.04. The molecule has 290 valence electrons. The first kappa shape index (κ1) is 39.3. The number of carbonyl (C=O) groups excluding carboxylic acids is 4. The van der Waals surface area contributed by atoms with E-state index in [2.05, 4.69) is 20.9 Å². The van der Waals surface area contributed by atoms with Crippen molar-refractivity contribution in [2.75, 3.05) is 33.0 Å². The monoisotopic (exact) mass is 751 g/mol. The quantitative estimate of drug-likeness (QED) is 0.187. The molecule has 3 atom stereocenters. The maximum Gasteiger partial charge on any atom is 0.246 e. The van der Waals surface area contributed by atoms with Crippen molar-refractivity contribution in [3.63, 3.8) is 0 Å². The molecule has 4 amide bonds. The van der Waals surface area contributed by atoms with E-state index in [1.165, 1.54) is 24.2 Å². The lowest BCUT2D eigenvalue weighted by Crippen LogP contribution is -2.59. The van der Waals surface area contributed by atoms with Gasteiger partial charge in [0.05, 0.1) is 48.6 Å². The number of aliphatic hydroxyl groups excluding tert-OH is 1. The Hall–Kier alpha value is -3.39. The lowest BCUT2D eigenvalue weighted by atomic mass is 9.53. The third-order valence-corrected chi connectivity index (χ3v) is 12.5. The summed E-state index contributed by atoms with van der Waals surface area (Å²) < 4.78 is 11.3. The van der Waals surface area contributed by atoms with Gasteiger partial charge in [0.15, 0.2) is 0 Å². The molecule has 12 nitrogen and oxygen atoms in total. The molecule has 0 unspecified atom stereocenters. The number of hydrogen-bond acceptors (Lipinski definition) is 9. The number of ether oxygens (including phenoxy) is 2. The minimum absolute atomic E-state index is 0.00858. The number of rotatable bonds is 16. The molecule has 1 saturated heterocycles. The molecule has 1 aromatic carbocycles. The smallest absolute Gasteiger partial charge is 0.246 e. The van der Waals surface area contributed by atoms with E-state index < -0.39 is 29.5 Å². The number of aryl methyl sites for hydroxylation is 1. The van der Waals surface area contributed by atoms with Gasteiger partial charge in [0.25, 0.3) is 0 Å². The summed E-state index contributed by atoms with van der Waals surface area (Å²) >= 11 is 1.58. The minimum Gasteiger partial charge on any atom is -0.391 e. The van der Waals surface area contributed by atoms with Gasteiger partial charge >= 0.3 is 0 Å². The van der Waals surface area contributed by atoms with E-state index in [0.717, 1.165) is 58.7 Å². The SMILES string of the molecule is Cc1ncsc1-c1ccc(CNC(=O)[C@@H]2C[C@@H](O)CN2C(=O)[C@@H](NC(=O)CCOCCOCCC(=O)NC23CC4CC(CC(C4)C2)C3)C(C)(C)C)cc1. The zero-order chi connectivity index (χ0) is 37.8. The predicted molar refractivity (Wildman–Crippen MR) is 202 cm³/mol. The largest absolute Gasteiger partial charge is 0.391 e. The lowest BCUT2D eigenvalue weighted by Gasteiger charge is -2.56. The van der Waals surface area contributed by atoms with Crippen LogP contribution in [0.4, 0.5) is 0 Å². The van der Waals surface area contributed by atoms with Gasteiger partial charge in [-0.05, 0) is 79.7 Å². The van der Waals surface area contributed by atoms with E-state index in [-0.39, 0.29) is 62.4 Å². The normalized spacial score (nSPS) is 26.7. The lowest BCUT2D eigenvalue weighted by molar-refractivity contribution is -0.144. The van der Waals surface area contributed by atoms with Crippen molar-refractivity contribution >= 4 is 35.0 Å². The highest BCUT2D eigenvalue weighted by Gasteiger charge is 2.51. The number of likely N-dealkylation sites (tertiary alicyclic amines) is 1. The van der Waals surface area contributed by atoms with Crippen molar-refractivity contribution < 1.29 is 33.8 Å². The molecule has 13 heteroatoms. The zero-order valence-corrected chi connectivity index (χ0v) is 32.5. The van der Waals surface area contributed by atoms with Crippen molar-refractivity contribution in [3.05, 3.63) is 41.0 Å². The molecule has 4 saturated carbocycles. The summed E-state index contributed by atoms with van der Waals surface area (Å²) in [7, 11) is 0. The predicted octanol–water partition coefficient (Wildman–Crippen LogP) is 4.13. The molecule has 4 bridgehead atoms. The molecule has 4 aliphatic carbocycles. The van der Waals surface area contributed by atoms with Crippen LogP contribution in [-0.4, -0.2) is 95.3 Å². The van der Waals surface area contributed by atoms with Gasteiger partial charge in [-0.1, -0.05) is 45.0 Å². The van der Waals surface area contributed by atoms with Crippen LogP contribution in [-0.2, 0) is 35.2 Å². The van der Waals surface area contributed by atoms with Gasteiger partial charge in [0.2, 0.25) is 23.6 Å². The Morgan fingerprint density at radius 3 is 2.09 bits per heavy atom. The average Bonchev–Trinajstić information content (AvgIpc) is 3.71. The number of aromatic nitrogens is 1. The van der Waals surface area contributed by atoms with E-state index in [1.54, 1.807) is 11.3 Å². The van der Waals surface area contributed by atoms with Crippen molar-refractivity contribution in [1.82, 2.24) is 25.8 Å². The number of amides is 4. The van der Waals surface area contributed by atoms with Crippen LogP contribution in [0.2, 0.25) is 0 Å². The summed E-state index contributed by atoms with van der Waals surface area (Å²) in [5.74, 6) is 1.29. The van der Waals surface area contributed by atoms with Gasteiger partial charge in [-0.15, -0.1) is 11.3 Å². The van der Waals surface area contributed by atoms with E-state index in [1.807, 2.05) is 57.5 Å². The first-order valence-electron chi connectivity index (χ1n) is 19.3. The highest BCUT2D eigenvalue weighted by atomic mass is 32.1. The summed E-state index contributed by atoms with van der Waals surface area (Å²) in [4.78, 5) is 59.7. The Morgan fingerprint density at radius 1 is 0.925 bits per heavy atom. The molecule has 5 aliphatic rings. The van der Waals surface area contributed by atoms with E-state index in [0.29, 0.717) is 19.6 Å². The number of hydrogen-bond donors (Lipinski definition) is 4. The van der Waals surface area contributed by atoms with E-state index >= 15 is 0 Å². The van der Waals surface area contributed by atoms with Crippen LogP contribution < -0.4 is 16.0 Å². The number of thiazole rings is 1. The molecule has 53 heavy (non-hydrogen) atoms. The molecule has 7 rings (SSSR count). The maximum absolute atomic E-state index is 13.9. The topological polar surface area (TPSA) is 159 Å². The van der Waals surface area contributed by atoms with Crippen LogP contribution in [0.15, 0.2) is 29.8 Å². The average molecular weight is 752 g/mol. The fourth-order valence-corrected chi connectivity index (χ4v) is 10.1. The Bertz CT molecular complexity index is 1570. The fourth-order valence-electron chi connectivity index (χ4n) is 9.29. The highest BCUT2D eigenvalue weighted by Crippen LogP contribution is 2.55. The van der Waals surface area contributed by atoms with Crippen LogP contribution in [0.3, 0.4) is 0 Å². The fraction of sp³-hybridized carbons (Fsp3) is 0.675. The van der Waals surface area contributed by atoms with Gasteiger partial charge in [0, 0.05) is 37.9 Å². The summed E-state index contributed by atoms with van der Waals surface area (Å²) in [5, 5.41) is 19.7. The van der Waals surface area contributed by atoms with Gasteiger partial charge in [0.1, 0.15) is 12.1 Å². The Balaban J connectivity index is 0.891. The van der Waals surface area contributed by atoms with Crippen molar-refractivity contribution in [1.29, 1.82) is 0 Å². The maximum atomic E-state index is 13.9. The Morgan fingerprint density at radius 2 is 1.53 bits per heavy atom. The molecule has 4 N–H and O–H groups in total. The molecule has 2 heterocycles. The first-order chi connectivity index (χ1) is 25.3. The van der Waals surface area contributed by atoms with Crippen molar-refractivity contribution in [2.24, 2.45) is 23.2 Å². The molecule has 0 spiro atoms. The Labute approximate surface area is 317 Å². The molecule has 0 radical (unpaired) electrons. The van der Waals surface area contributed by atoms with Gasteiger partial charge in [-0.2, -0.15) is 0 Å². The van der Waals surface area contributed by atoms with E-state index in [9.17, 15) is 24.3 Å². The number of β-amino-alcohol motifs (C(OH)–C–C–N with tert-alkyl or cyclic N) is 1. The van der Waals surface area contributed by atoms with Crippen molar-refractivity contribution in [3.8, 4) is 10.4 Å². The van der Waals surface area contributed by atoms with Crippen LogP contribution in [0.5, 0.6) is 0 Å². The zero-order valence-electron chi connectivity index (χ0n) is 31.7. The number of benzene rings is 1. The molecular formula is C40H57N5O7S. The van der Waals surface area contributed by atoms with Crippen LogP contribution in [0.25, 0.3) is 10.4 Å². The number of nitrogens with one attached hydrogen (secondary N) is 3. The number of carbonyl (C=O) groups is 4. The Kier molecular flexibility index (Phi) is 12.6. The third-order valence-electron chi connectivity index (χ3n) is 11.5. The second-order valence-electron chi connectivity index (χ2n) is 16.9. The summed E-state index contributed by atoms with van der Waals surface area (Å²) in [6, 6.07) is 6.13. The highest BCUT2D eigenvalue weighted by molar-refractivity contribution is 7.13. The summed E-state index contributed by atoms with van der Waals surface area (Å²) in [5.41, 5.74) is 4.11. The van der Waals surface area contributed by atoms with Crippen LogP contribution in [0.1, 0.15) is 89.8 Å². The van der Waals surface area contributed by atoms with Crippen molar-refractivity contribution in [2.45, 2.75) is 116 Å². The van der Waals surface area contributed by atoms with Gasteiger partial charge in [-0.3, -0.25) is 19.2 Å². The van der Waals surface area contributed by atoms with Crippen LogP contribution in [0, 0.1) is 30.1 Å². The van der Waals surface area contributed by atoms with Gasteiger partial charge < -0.3 is 35.4 Å². The minimum atomic E-state index is -0.911. The molecule has 5 fully saturated rings. The summed E-state index contributed by atoms with van der Waals surface area (Å²) in [6.45, 7) is 8.88. The molecule has 1 aliphatic heterocycles. The molecule has 1 aromatic heterocycles. The second kappa shape index (κ2) is 17.0. The first-order valence-corrected chi connectivity index (χ1v) is 20.2. The number of aliphatic hydroxyl groups is 1. The second-order valence-corrected chi connectivity index (χ2v) is 17.8. The third kappa shape index (κ3) is 10.0. The standard InChI is InChI=1S/C40H57N5O7S/c1-25-35(53-24-42-25)30-7-5-26(6-8-30)22-41-37(49)32-18-31(46)23-45(32)38(50)36(39(2,3)4)43-33(47)9-11-51-13-14-52-12-10-34(48)44-40-19-27-15-28(20-40)17-29(16-27)21-40/h5-8,24,27-29,31-32,36,46H,9-23H2,1-4H3,(H,41,49)(H,43,47)(H,44,48)/t27?,28?,29?,31-,32+,36-,40?/m1/s1. The van der Waals surface area contributed by atoms with Gasteiger partial charge in [-0.25, -0.2) is 4.98 Å². The number of nitrogens with zero attached hydrogens (tertiary/aromatic N) is 2. The molecular weight excluding hydrogens is 695 g/mol. The molecule has 2 aromatic rings.